The van der Waals surface area contributed by atoms with E-state index in [-0.39, 0.29) is 6.17 Å². The molecule has 3 aromatic carbocycles. The molecule has 2 N–H and O–H groups in total. The largest absolute Gasteiger partial charge is 0.467 e. The van der Waals surface area contributed by atoms with Gasteiger partial charge in [0.05, 0.1) is 24.8 Å². The standard InChI is InChI=1S/C30H26N4O/c1-4-11-22(12-5-1)19-31-29-27-26(23-13-6-2-7-14-23)28(24-15-8-3-9-16-24)34(30(27)33-21-32-29)20-25-17-10-18-35-25/h1-18,21,29,31H,19-20H2,(H,32,33)/t29-/m0/s1. The van der Waals surface area contributed by atoms with Crippen molar-refractivity contribution in [3.8, 4) is 22.4 Å². The molecule has 0 fully saturated rings. The summed E-state index contributed by atoms with van der Waals surface area (Å²) in [6, 6.07) is 35.5. The van der Waals surface area contributed by atoms with Gasteiger partial charge in [-0.1, -0.05) is 91.0 Å². The zero-order valence-corrected chi connectivity index (χ0v) is 19.3. The van der Waals surface area contributed by atoms with Crippen LogP contribution in [-0.4, -0.2) is 10.9 Å². The Kier molecular flexibility index (Phi) is 5.75. The molecule has 1 aliphatic heterocycles. The predicted octanol–water partition coefficient (Wildman–Crippen LogP) is 6.71. The molecule has 2 aromatic heterocycles. The number of furan rings is 1. The van der Waals surface area contributed by atoms with Gasteiger partial charge in [0, 0.05) is 17.7 Å². The smallest absolute Gasteiger partial charge is 0.131 e. The summed E-state index contributed by atoms with van der Waals surface area (Å²) in [6.07, 6.45) is 3.33. The van der Waals surface area contributed by atoms with E-state index in [1.165, 1.54) is 11.1 Å². The van der Waals surface area contributed by atoms with Gasteiger partial charge in [0.15, 0.2) is 0 Å². The Labute approximate surface area is 204 Å². The van der Waals surface area contributed by atoms with Crippen LogP contribution in [0.25, 0.3) is 22.4 Å². The van der Waals surface area contributed by atoms with Crippen LogP contribution in [0.4, 0.5) is 5.82 Å². The fraction of sp³-hybridized carbons (Fsp3) is 0.100. The van der Waals surface area contributed by atoms with Crippen LogP contribution in [0, 0.1) is 0 Å². The molecule has 0 spiro atoms. The van der Waals surface area contributed by atoms with Crippen molar-refractivity contribution < 1.29 is 4.42 Å². The third kappa shape index (κ3) is 4.18. The van der Waals surface area contributed by atoms with Gasteiger partial charge in [0.2, 0.25) is 0 Å². The normalized spacial score (nSPS) is 14.5. The SMILES string of the molecule is C1=N[C@H](NCc2ccccc2)c2c(-c3ccccc3)c(-c3ccccc3)n(Cc3ccco3)c2N1. The lowest BCUT2D eigenvalue weighted by molar-refractivity contribution is 0.495. The van der Waals surface area contributed by atoms with Gasteiger partial charge in [-0.2, -0.15) is 0 Å². The van der Waals surface area contributed by atoms with Gasteiger partial charge in [-0.05, 0) is 28.8 Å². The van der Waals surface area contributed by atoms with Gasteiger partial charge < -0.3 is 14.3 Å². The molecule has 1 aliphatic rings. The third-order valence-corrected chi connectivity index (χ3v) is 6.35. The molecule has 0 bridgehead atoms. The van der Waals surface area contributed by atoms with Gasteiger partial charge in [0.1, 0.15) is 17.7 Å². The van der Waals surface area contributed by atoms with Crippen LogP contribution in [0.5, 0.6) is 0 Å². The average Bonchev–Trinajstić information content (AvgIpc) is 3.56. The molecule has 0 saturated carbocycles. The van der Waals surface area contributed by atoms with Crippen LogP contribution in [-0.2, 0) is 13.1 Å². The maximum absolute atomic E-state index is 5.77. The first kappa shape index (κ1) is 21.2. The molecule has 172 valence electrons. The van der Waals surface area contributed by atoms with Crippen LogP contribution in [0.2, 0.25) is 0 Å². The van der Waals surface area contributed by atoms with Crippen molar-refractivity contribution in [1.29, 1.82) is 0 Å². The summed E-state index contributed by atoms with van der Waals surface area (Å²) in [5.74, 6) is 1.93. The van der Waals surface area contributed by atoms with E-state index in [1.807, 2.05) is 18.2 Å². The fourth-order valence-electron chi connectivity index (χ4n) is 4.78. The summed E-state index contributed by atoms with van der Waals surface area (Å²) >= 11 is 0. The first-order chi connectivity index (χ1) is 17.4. The molecule has 0 saturated heterocycles. The number of nitrogens with zero attached hydrogens (tertiary/aromatic N) is 2. The Hall–Kier alpha value is -4.35. The summed E-state index contributed by atoms with van der Waals surface area (Å²) in [6.45, 7) is 1.33. The first-order valence-corrected chi connectivity index (χ1v) is 11.8. The highest BCUT2D eigenvalue weighted by Gasteiger charge is 2.31. The van der Waals surface area contributed by atoms with E-state index in [0.29, 0.717) is 6.54 Å². The number of fused-ring (bicyclic) bond motifs is 1. The number of aromatic nitrogens is 1. The second-order valence-electron chi connectivity index (χ2n) is 8.57. The van der Waals surface area contributed by atoms with Crippen molar-refractivity contribution in [1.82, 2.24) is 9.88 Å². The molecule has 5 aromatic rings. The van der Waals surface area contributed by atoms with Gasteiger partial charge >= 0.3 is 0 Å². The van der Waals surface area contributed by atoms with Crippen molar-refractivity contribution in [2.45, 2.75) is 19.3 Å². The lowest BCUT2D eigenvalue weighted by Crippen LogP contribution is -2.24. The van der Waals surface area contributed by atoms with E-state index >= 15 is 0 Å². The van der Waals surface area contributed by atoms with Crippen molar-refractivity contribution >= 4 is 12.2 Å². The number of hydrogen-bond donors (Lipinski definition) is 2. The molecule has 5 nitrogen and oxygen atoms in total. The van der Waals surface area contributed by atoms with E-state index in [2.05, 4.69) is 100 Å². The molecule has 35 heavy (non-hydrogen) atoms. The van der Waals surface area contributed by atoms with Crippen molar-refractivity contribution in [3.05, 3.63) is 126 Å². The summed E-state index contributed by atoms with van der Waals surface area (Å²) in [7, 11) is 0. The van der Waals surface area contributed by atoms with Crippen molar-refractivity contribution in [2.75, 3.05) is 5.32 Å². The molecule has 5 heteroatoms. The van der Waals surface area contributed by atoms with Gasteiger partial charge in [0.25, 0.3) is 0 Å². The number of anilines is 1. The Bertz CT molecular complexity index is 1420. The van der Waals surface area contributed by atoms with Gasteiger partial charge in [-0.25, -0.2) is 0 Å². The van der Waals surface area contributed by atoms with Crippen LogP contribution in [0.1, 0.15) is 23.1 Å². The minimum atomic E-state index is -0.193. The highest BCUT2D eigenvalue weighted by atomic mass is 16.3. The molecule has 0 radical (unpaired) electrons. The van der Waals surface area contributed by atoms with Crippen LogP contribution >= 0.6 is 0 Å². The highest BCUT2D eigenvalue weighted by molar-refractivity contribution is 5.93. The molecule has 1 atom stereocenters. The summed E-state index contributed by atoms with van der Waals surface area (Å²) < 4.78 is 8.08. The number of hydrogen-bond acceptors (Lipinski definition) is 4. The van der Waals surface area contributed by atoms with E-state index in [9.17, 15) is 0 Å². The van der Waals surface area contributed by atoms with E-state index in [1.54, 1.807) is 12.6 Å². The Morgan fingerprint density at radius 1 is 0.800 bits per heavy atom. The summed E-state index contributed by atoms with van der Waals surface area (Å²) in [5.41, 5.74) is 6.99. The fourth-order valence-corrected chi connectivity index (χ4v) is 4.78. The summed E-state index contributed by atoms with van der Waals surface area (Å²) in [4.78, 5) is 4.83. The number of rotatable bonds is 7. The number of benzene rings is 3. The lowest BCUT2D eigenvalue weighted by Gasteiger charge is -2.22. The Morgan fingerprint density at radius 2 is 1.49 bits per heavy atom. The molecular formula is C30H26N4O. The monoisotopic (exact) mass is 458 g/mol. The van der Waals surface area contributed by atoms with E-state index < -0.39 is 0 Å². The Balaban J connectivity index is 1.55. The van der Waals surface area contributed by atoms with Crippen molar-refractivity contribution in [2.24, 2.45) is 4.99 Å². The minimum absolute atomic E-state index is 0.193. The lowest BCUT2D eigenvalue weighted by atomic mass is 9.96. The number of nitrogens with one attached hydrogen (secondary N) is 2. The average molecular weight is 459 g/mol. The van der Waals surface area contributed by atoms with Crippen LogP contribution in [0.15, 0.2) is 119 Å². The topological polar surface area (TPSA) is 54.5 Å². The molecule has 0 unspecified atom stereocenters. The second kappa shape index (κ2) is 9.49. The van der Waals surface area contributed by atoms with Gasteiger partial charge in [-0.3, -0.25) is 10.3 Å². The highest BCUT2D eigenvalue weighted by Crippen LogP contribution is 2.46. The van der Waals surface area contributed by atoms with Crippen LogP contribution < -0.4 is 10.6 Å². The number of aliphatic imine (C=N–C) groups is 1. The molecule has 0 amide bonds. The quantitative estimate of drug-likeness (QED) is 0.285. The zero-order chi connectivity index (χ0) is 23.5. The minimum Gasteiger partial charge on any atom is -0.467 e. The second-order valence-corrected chi connectivity index (χ2v) is 8.57. The van der Waals surface area contributed by atoms with Crippen molar-refractivity contribution in [3.63, 3.8) is 0 Å². The third-order valence-electron chi connectivity index (χ3n) is 6.35. The van der Waals surface area contributed by atoms with Gasteiger partial charge in [-0.15, -0.1) is 0 Å². The molecule has 3 heterocycles. The maximum atomic E-state index is 5.77. The molecule has 6 rings (SSSR count). The van der Waals surface area contributed by atoms with Crippen LogP contribution in [0.3, 0.4) is 0 Å². The maximum Gasteiger partial charge on any atom is 0.131 e. The zero-order valence-electron chi connectivity index (χ0n) is 19.3. The predicted molar refractivity (Wildman–Crippen MR) is 141 cm³/mol. The van der Waals surface area contributed by atoms with E-state index in [4.69, 9.17) is 9.41 Å². The first-order valence-electron chi connectivity index (χ1n) is 11.8. The molecule has 0 aliphatic carbocycles. The summed E-state index contributed by atoms with van der Waals surface area (Å²) in [5, 5.41) is 7.14. The van der Waals surface area contributed by atoms with E-state index in [0.717, 1.165) is 40.5 Å². The molecular weight excluding hydrogens is 432 g/mol. The Morgan fingerprint density at radius 3 is 2.17 bits per heavy atom.